The number of benzene rings is 2. The maximum atomic E-state index is 13.3. The lowest BCUT2D eigenvalue weighted by atomic mass is 10.1. The number of aromatic nitrogens is 2. The van der Waals surface area contributed by atoms with Gasteiger partial charge in [0.2, 0.25) is 5.91 Å². The Morgan fingerprint density at radius 1 is 1.03 bits per heavy atom. The lowest BCUT2D eigenvalue weighted by molar-refractivity contribution is -0.121. The molecule has 0 saturated carbocycles. The number of carbonyl (C=O) groups excluding carboxylic acids is 1. The lowest BCUT2D eigenvalue weighted by Crippen LogP contribution is -2.31. The Morgan fingerprint density at radius 2 is 1.73 bits per heavy atom. The van der Waals surface area contributed by atoms with Gasteiger partial charge in [-0.1, -0.05) is 30.3 Å². The minimum atomic E-state index is -0.355. The van der Waals surface area contributed by atoms with Gasteiger partial charge in [0, 0.05) is 24.4 Å². The number of rotatable bonds is 7. The fraction of sp³-hybridized carbons (Fsp3) is 0.217. The molecule has 7 heteroatoms. The second-order valence-electron chi connectivity index (χ2n) is 6.98. The average molecular weight is 424 g/mol. The molecule has 0 saturated heterocycles. The van der Waals surface area contributed by atoms with Crippen LogP contribution in [0, 0.1) is 5.82 Å². The van der Waals surface area contributed by atoms with Gasteiger partial charge in [-0.2, -0.15) is 0 Å². The summed E-state index contributed by atoms with van der Waals surface area (Å²) in [5, 5.41) is 4.98. The number of imidazole rings is 1. The highest BCUT2D eigenvalue weighted by atomic mass is 32.1. The maximum absolute atomic E-state index is 13.3. The third-order valence-electron chi connectivity index (χ3n) is 5.14. The van der Waals surface area contributed by atoms with Gasteiger partial charge in [-0.05, 0) is 48.2 Å². The third-order valence-corrected chi connectivity index (χ3v) is 6.08. The summed E-state index contributed by atoms with van der Waals surface area (Å²) in [5.41, 5.74) is 2.39. The summed E-state index contributed by atoms with van der Waals surface area (Å²) in [6, 6.07) is 17.2. The van der Waals surface area contributed by atoms with Gasteiger partial charge in [-0.3, -0.25) is 13.9 Å². The molecule has 1 amide bonds. The first-order valence-corrected chi connectivity index (χ1v) is 10.7. The van der Waals surface area contributed by atoms with Crippen molar-refractivity contribution < 1.29 is 9.18 Å². The molecule has 2 aromatic carbocycles. The predicted molar refractivity (Wildman–Crippen MR) is 117 cm³/mol. The van der Waals surface area contributed by atoms with E-state index in [0.29, 0.717) is 13.1 Å². The molecule has 0 aliphatic rings. The van der Waals surface area contributed by atoms with Gasteiger partial charge in [0.15, 0.2) is 0 Å². The second-order valence-corrected chi connectivity index (χ2v) is 7.96. The quantitative estimate of drug-likeness (QED) is 0.481. The van der Waals surface area contributed by atoms with Gasteiger partial charge >= 0.3 is 5.69 Å². The molecule has 4 aromatic rings. The van der Waals surface area contributed by atoms with Crippen molar-refractivity contribution in [2.75, 3.05) is 0 Å². The van der Waals surface area contributed by atoms with Crippen LogP contribution in [0.3, 0.4) is 0 Å². The summed E-state index contributed by atoms with van der Waals surface area (Å²) in [5.74, 6) is -0.486. The summed E-state index contributed by atoms with van der Waals surface area (Å²) >= 11 is 1.53. The van der Waals surface area contributed by atoms with Crippen molar-refractivity contribution in [3.8, 4) is 0 Å². The molecular weight excluding hydrogens is 401 g/mol. The van der Waals surface area contributed by atoms with Crippen molar-refractivity contribution in [2.24, 2.45) is 0 Å². The molecule has 0 unspecified atom stereocenters. The molecule has 0 fully saturated rings. The van der Waals surface area contributed by atoms with E-state index in [1.807, 2.05) is 48.7 Å². The monoisotopic (exact) mass is 423 g/mol. The molecule has 30 heavy (non-hydrogen) atoms. The summed E-state index contributed by atoms with van der Waals surface area (Å²) in [6.45, 7) is 2.79. The Kier molecular flexibility index (Phi) is 5.81. The summed E-state index contributed by atoms with van der Waals surface area (Å²) in [7, 11) is 0. The molecule has 0 spiro atoms. The van der Waals surface area contributed by atoms with Crippen LogP contribution in [-0.4, -0.2) is 15.0 Å². The summed E-state index contributed by atoms with van der Waals surface area (Å²) in [4.78, 5) is 26.5. The van der Waals surface area contributed by atoms with Crippen LogP contribution in [0.15, 0.2) is 70.8 Å². The van der Waals surface area contributed by atoms with Gasteiger partial charge in [-0.25, -0.2) is 9.18 Å². The molecular formula is C23H22FN3O2S. The Labute approximate surface area is 177 Å². The standard InChI is InChI=1S/C23H22FN3O2S/c1-2-26-18-6-3-4-7-19(18)27(23(26)29)14-13-21(28)25-22(20-8-5-15-30-20)16-9-11-17(24)12-10-16/h3-12,15,22H,2,13-14H2,1H3,(H,25,28)/t22-/m0/s1. The van der Waals surface area contributed by atoms with E-state index in [2.05, 4.69) is 5.32 Å². The molecule has 2 aromatic heterocycles. The lowest BCUT2D eigenvalue weighted by Gasteiger charge is -2.18. The van der Waals surface area contributed by atoms with Crippen LogP contribution in [0.2, 0.25) is 0 Å². The van der Waals surface area contributed by atoms with Gasteiger partial charge in [-0.15, -0.1) is 11.3 Å². The minimum absolute atomic E-state index is 0.111. The Bertz CT molecular complexity index is 1210. The van der Waals surface area contributed by atoms with E-state index < -0.39 is 0 Å². The molecule has 5 nitrogen and oxygen atoms in total. The number of hydrogen-bond acceptors (Lipinski definition) is 3. The molecule has 4 rings (SSSR count). The predicted octanol–water partition coefficient (Wildman–Crippen LogP) is 4.32. The van der Waals surface area contributed by atoms with Crippen LogP contribution >= 0.6 is 11.3 Å². The van der Waals surface area contributed by atoms with Gasteiger partial charge in [0.1, 0.15) is 5.82 Å². The van der Waals surface area contributed by atoms with E-state index in [1.165, 1.54) is 23.5 Å². The molecule has 0 aliphatic carbocycles. The van der Waals surface area contributed by atoms with E-state index in [0.717, 1.165) is 21.5 Å². The van der Waals surface area contributed by atoms with E-state index in [1.54, 1.807) is 21.3 Å². The van der Waals surface area contributed by atoms with Crippen LogP contribution < -0.4 is 11.0 Å². The van der Waals surface area contributed by atoms with E-state index in [4.69, 9.17) is 0 Å². The van der Waals surface area contributed by atoms with Crippen molar-refractivity contribution in [1.29, 1.82) is 0 Å². The Morgan fingerprint density at radius 3 is 2.37 bits per heavy atom. The molecule has 2 heterocycles. The highest BCUT2D eigenvalue weighted by Crippen LogP contribution is 2.26. The average Bonchev–Trinajstić information content (AvgIpc) is 3.37. The Balaban J connectivity index is 1.54. The van der Waals surface area contributed by atoms with E-state index in [9.17, 15) is 14.0 Å². The summed E-state index contributed by atoms with van der Waals surface area (Å²) < 4.78 is 16.7. The topological polar surface area (TPSA) is 56.0 Å². The SMILES string of the molecule is CCn1c(=O)n(CCC(=O)N[C@@H](c2ccc(F)cc2)c2cccs2)c2ccccc21. The number of fused-ring (bicyclic) bond motifs is 1. The van der Waals surface area contributed by atoms with Crippen molar-refractivity contribution in [3.05, 3.63) is 92.8 Å². The fourth-order valence-corrected chi connectivity index (χ4v) is 4.47. The normalized spacial score (nSPS) is 12.2. The van der Waals surface area contributed by atoms with Gasteiger partial charge in [0.05, 0.1) is 17.1 Å². The van der Waals surface area contributed by atoms with Crippen molar-refractivity contribution in [1.82, 2.24) is 14.5 Å². The molecule has 0 aliphatic heterocycles. The number of aryl methyl sites for hydroxylation is 2. The zero-order valence-corrected chi connectivity index (χ0v) is 17.4. The smallest absolute Gasteiger partial charge is 0.329 e. The second kappa shape index (κ2) is 8.67. The van der Waals surface area contributed by atoms with Crippen LogP contribution in [0.1, 0.15) is 29.8 Å². The highest BCUT2D eigenvalue weighted by Gasteiger charge is 2.19. The van der Waals surface area contributed by atoms with Crippen LogP contribution in [-0.2, 0) is 17.9 Å². The number of nitrogens with one attached hydrogen (secondary N) is 1. The number of amides is 1. The number of nitrogens with zero attached hydrogens (tertiary/aromatic N) is 2. The van der Waals surface area contributed by atoms with Crippen molar-refractivity contribution in [3.63, 3.8) is 0 Å². The molecule has 0 bridgehead atoms. The Hall–Kier alpha value is -3.19. The number of hydrogen-bond donors (Lipinski definition) is 1. The minimum Gasteiger partial charge on any atom is -0.344 e. The summed E-state index contributed by atoms with van der Waals surface area (Å²) in [6.07, 6.45) is 0.167. The van der Waals surface area contributed by atoms with Gasteiger partial charge in [0.25, 0.3) is 0 Å². The van der Waals surface area contributed by atoms with Crippen molar-refractivity contribution in [2.45, 2.75) is 32.5 Å². The highest BCUT2D eigenvalue weighted by molar-refractivity contribution is 7.10. The van der Waals surface area contributed by atoms with E-state index >= 15 is 0 Å². The molecule has 0 radical (unpaired) electrons. The number of carbonyl (C=O) groups is 1. The van der Waals surface area contributed by atoms with Crippen LogP contribution in [0.5, 0.6) is 0 Å². The number of halogens is 1. The maximum Gasteiger partial charge on any atom is 0.329 e. The zero-order valence-electron chi connectivity index (χ0n) is 16.5. The number of thiophene rings is 1. The first-order chi connectivity index (χ1) is 14.6. The van der Waals surface area contributed by atoms with Gasteiger partial charge < -0.3 is 5.32 Å². The van der Waals surface area contributed by atoms with Crippen molar-refractivity contribution >= 4 is 28.3 Å². The van der Waals surface area contributed by atoms with Crippen LogP contribution in [0.4, 0.5) is 4.39 Å². The molecule has 154 valence electrons. The third kappa shape index (κ3) is 3.93. The zero-order chi connectivity index (χ0) is 21.1. The molecule has 1 atom stereocenters. The first kappa shape index (κ1) is 20.1. The fourth-order valence-electron chi connectivity index (χ4n) is 3.67. The van der Waals surface area contributed by atoms with E-state index in [-0.39, 0.29) is 29.9 Å². The largest absolute Gasteiger partial charge is 0.344 e. The first-order valence-electron chi connectivity index (χ1n) is 9.84. The van der Waals surface area contributed by atoms with Crippen LogP contribution in [0.25, 0.3) is 11.0 Å². The number of para-hydroxylation sites is 2. The molecule has 1 N–H and O–H groups in total.